The zero-order valence-corrected chi connectivity index (χ0v) is 16.5. The average molecular weight is 390 g/mol. The molecule has 29 heavy (non-hydrogen) atoms. The lowest BCUT2D eigenvalue weighted by molar-refractivity contribution is 0.359. The number of aromatic nitrogens is 3. The second kappa shape index (κ2) is 8.82. The van der Waals surface area contributed by atoms with Gasteiger partial charge in [0.2, 0.25) is 0 Å². The molecule has 2 aliphatic rings. The third-order valence-corrected chi connectivity index (χ3v) is 5.62. The zero-order chi connectivity index (χ0) is 20.1. The van der Waals surface area contributed by atoms with Gasteiger partial charge in [-0.3, -0.25) is 5.01 Å². The normalized spacial score (nSPS) is 19.7. The summed E-state index contributed by atoms with van der Waals surface area (Å²) in [4.78, 5) is 2.37. The van der Waals surface area contributed by atoms with Crippen molar-refractivity contribution in [2.24, 2.45) is 0 Å². The summed E-state index contributed by atoms with van der Waals surface area (Å²) in [7, 11) is 0. The molecule has 1 aliphatic heterocycles. The summed E-state index contributed by atoms with van der Waals surface area (Å²) in [6, 6.07) is 9.72. The number of phenolic OH excluding ortho intramolecular Hbond substituents is 1. The molecular formula is C22H26N6O. The molecule has 0 amide bonds. The summed E-state index contributed by atoms with van der Waals surface area (Å²) in [5.74, 6) is 0.257. The Kier molecular flexibility index (Phi) is 5.80. The van der Waals surface area contributed by atoms with Crippen LogP contribution in [0.3, 0.4) is 0 Å². The van der Waals surface area contributed by atoms with Crippen molar-refractivity contribution in [3.05, 3.63) is 65.9 Å². The fraction of sp³-hybridized carbons (Fsp3) is 0.409. The Morgan fingerprint density at radius 2 is 1.76 bits per heavy atom. The lowest BCUT2D eigenvalue weighted by Gasteiger charge is -2.36. The fourth-order valence-electron chi connectivity index (χ4n) is 4.07. The highest BCUT2D eigenvalue weighted by atomic mass is 16.3. The molecule has 2 heterocycles. The minimum absolute atomic E-state index is 0.0788. The van der Waals surface area contributed by atoms with Gasteiger partial charge in [-0.05, 0) is 43.0 Å². The van der Waals surface area contributed by atoms with Crippen LogP contribution < -0.4 is 5.01 Å². The van der Waals surface area contributed by atoms with Gasteiger partial charge in [0.15, 0.2) is 0 Å². The van der Waals surface area contributed by atoms with Gasteiger partial charge in [0.1, 0.15) is 24.5 Å². The molecule has 4 rings (SSSR count). The van der Waals surface area contributed by atoms with Crippen molar-refractivity contribution < 1.29 is 5.11 Å². The number of aromatic hydroxyl groups is 1. The van der Waals surface area contributed by atoms with Crippen LogP contribution in [-0.4, -0.2) is 44.0 Å². The van der Waals surface area contributed by atoms with E-state index in [0.29, 0.717) is 6.54 Å². The number of nitriles is 1. The van der Waals surface area contributed by atoms with Crippen molar-refractivity contribution in [1.82, 2.24) is 19.8 Å². The number of benzene rings is 1. The highest BCUT2D eigenvalue weighted by Crippen LogP contribution is 2.27. The number of nitrogens with zero attached hydrogens (tertiary/aromatic N) is 6. The molecule has 0 saturated carbocycles. The average Bonchev–Trinajstić information content (AvgIpc) is 3.15. The SMILES string of the molecule is N#CC1=CCC(N(Cc2ccc(O)cc2)n2cnnc2)C=C1N1CCCCCC1. The first kappa shape index (κ1) is 19.1. The van der Waals surface area contributed by atoms with Gasteiger partial charge >= 0.3 is 0 Å². The van der Waals surface area contributed by atoms with E-state index in [0.717, 1.165) is 36.3 Å². The van der Waals surface area contributed by atoms with Gasteiger partial charge in [0, 0.05) is 13.1 Å². The maximum absolute atomic E-state index is 9.68. The Morgan fingerprint density at radius 1 is 1.07 bits per heavy atom. The largest absolute Gasteiger partial charge is 0.508 e. The number of phenols is 1. The van der Waals surface area contributed by atoms with Crippen molar-refractivity contribution in [2.75, 3.05) is 18.1 Å². The first-order chi connectivity index (χ1) is 14.2. The van der Waals surface area contributed by atoms with E-state index in [9.17, 15) is 10.4 Å². The molecule has 1 saturated heterocycles. The summed E-state index contributed by atoms with van der Waals surface area (Å²) >= 11 is 0. The maximum atomic E-state index is 9.68. The van der Waals surface area contributed by atoms with E-state index in [4.69, 9.17) is 0 Å². The van der Waals surface area contributed by atoms with Crippen LogP contribution in [0, 0.1) is 11.3 Å². The molecule has 1 N–H and O–H groups in total. The maximum Gasteiger partial charge on any atom is 0.139 e. The van der Waals surface area contributed by atoms with Gasteiger partial charge in [-0.1, -0.05) is 31.1 Å². The van der Waals surface area contributed by atoms with Gasteiger partial charge in [-0.25, -0.2) is 4.68 Å². The Balaban J connectivity index is 1.63. The predicted molar refractivity (Wildman–Crippen MR) is 110 cm³/mol. The molecule has 1 atom stereocenters. The highest BCUT2D eigenvalue weighted by molar-refractivity contribution is 5.45. The Bertz CT molecular complexity index is 902. The predicted octanol–water partition coefficient (Wildman–Crippen LogP) is 3.10. The number of likely N-dealkylation sites (tertiary alicyclic amines) is 1. The quantitative estimate of drug-likeness (QED) is 0.845. The van der Waals surface area contributed by atoms with Crippen LogP contribution in [0.5, 0.6) is 5.75 Å². The van der Waals surface area contributed by atoms with E-state index >= 15 is 0 Å². The summed E-state index contributed by atoms with van der Waals surface area (Å²) < 4.78 is 1.90. The summed E-state index contributed by atoms with van der Waals surface area (Å²) in [5.41, 5.74) is 2.90. The van der Waals surface area contributed by atoms with E-state index in [2.05, 4.69) is 38.3 Å². The molecule has 7 nitrogen and oxygen atoms in total. The molecule has 0 radical (unpaired) electrons. The van der Waals surface area contributed by atoms with Gasteiger partial charge in [-0.15, -0.1) is 10.2 Å². The summed E-state index contributed by atoms with van der Waals surface area (Å²) in [5, 5.41) is 29.4. The van der Waals surface area contributed by atoms with Gasteiger partial charge in [-0.2, -0.15) is 5.26 Å². The lowest BCUT2D eigenvalue weighted by atomic mass is 9.98. The minimum atomic E-state index is 0.0788. The minimum Gasteiger partial charge on any atom is -0.508 e. The van der Waals surface area contributed by atoms with Gasteiger partial charge in [0.05, 0.1) is 23.9 Å². The highest BCUT2D eigenvalue weighted by Gasteiger charge is 2.25. The number of rotatable bonds is 5. The molecular weight excluding hydrogens is 364 g/mol. The third-order valence-electron chi connectivity index (χ3n) is 5.62. The van der Waals surface area contributed by atoms with Gasteiger partial charge in [0.25, 0.3) is 0 Å². The number of hydrogen-bond donors (Lipinski definition) is 1. The molecule has 0 bridgehead atoms. The van der Waals surface area contributed by atoms with E-state index in [1.165, 1.54) is 25.7 Å². The molecule has 1 aliphatic carbocycles. The second-order valence-electron chi connectivity index (χ2n) is 7.59. The molecule has 1 aromatic heterocycles. The molecule has 1 aromatic carbocycles. The molecule has 2 aromatic rings. The van der Waals surface area contributed by atoms with Crippen molar-refractivity contribution in [3.63, 3.8) is 0 Å². The van der Waals surface area contributed by atoms with Crippen molar-refractivity contribution in [1.29, 1.82) is 5.26 Å². The van der Waals surface area contributed by atoms with Crippen LogP contribution in [0.15, 0.2) is 60.3 Å². The molecule has 0 spiro atoms. The number of hydrogen-bond acceptors (Lipinski definition) is 6. The Labute approximate surface area is 171 Å². The van der Waals surface area contributed by atoms with Crippen LogP contribution in [0.1, 0.15) is 37.7 Å². The fourth-order valence-corrected chi connectivity index (χ4v) is 4.07. The van der Waals surface area contributed by atoms with Gasteiger partial charge < -0.3 is 10.0 Å². The second-order valence-corrected chi connectivity index (χ2v) is 7.59. The first-order valence-electron chi connectivity index (χ1n) is 10.2. The smallest absolute Gasteiger partial charge is 0.139 e. The van der Waals surface area contributed by atoms with E-state index in [-0.39, 0.29) is 11.8 Å². The van der Waals surface area contributed by atoms with Crippen LogP contribution in [0.2, 0.25) is 0 Å². The zero-order valence-electron chi connectivity index (χ0n) is 16.5. The molecule has 7 heteroatoms. The van der Waals surface area contributed by atoms with Crippen LogP contribution in [-0.2, 0) is 6.54 Å². The molecule has 1 unspecified atom stereocenters. The lowest BCUT2D eigenvalue weighted by Crippen LogP contribution is -2.43. The standard InChI is InChI=1S/C22H26N6O/c23-14-19-7-8-20(13-22(19)26-11-3-1-2-4-12-26)28(27-16-24-25-17-27)15-18-5-9-21(29)10-6-18/h5-7,9-10,13,16-17,20,29H,1-4,8,11-12,15H2. The molecule has 1 fully saturated rings. The van der Waals surface area contributed by atoms with Crippen molar-refractivity contribution in [2.45, 2.75) is 44.7 Å². The summed E-state index contributed by atoms with van der Waals surface area (Å²) in [6.07, 6.45) is 13.3. The topological polar surface area (TPSA) is 81.2 Å². The Hall–Kier alpha value is -3.27. The number of allylic oxidation sites excluding steroid dienone is 1. The molecule has 150 valence electrons. The summed E-state index contributed by atoms with van der Waals surface area (Å²) in [6.45, 7) is 2.65. The van der Waals surface area contributed by atoms with Crippen LogP contribution in [0.4, 0.5) is 0 Å². The Morgan fingerprint density at radius 3 is 2.41 bits per heavy atom. The third kappa shape index (κ3) is 4.43. The van der Waals surface area contributed by atoms with Crippen molar-refractivity contribution >= 4 is 0 Å². The van der Waals surface area contributed by atoms with E-state index in [1.54, 1.807) is 24.8 Å². The van der Waals surface area contributed by atoms with E-state index in [1.807, 2.05) is 16.8 Å². The van der Waals surface area contributed by atoms with E-state index < -0.39 is 0 Å². The monoisotopic (exact) mass is 390 g/mol. The van der Waals surface area contributed by atoms with Crippen LogP contribution in [0.25, 0.3) is 0 Å². The van der Waals surface area contributed by atoms with Crippen molar-refractivity contribution in [3.8, 4) is 11.8 Å². The van der Waals surface area contributed by atoms with Crippen LogP contribution >= 0.6 is 0 Å². The first-order valence-corrected chi connectivity index (χ1v) is 10.2.